The SMILES string of the molecule is CCN(C(C)=O)c1nc(COC(=O)c2ccc(Cl)c(S(=O)(=O)NC(C)(C)C)c2)cs1. The molecule has 0 aliphatic heterocycles. The van der Waals surface area contributed by atoms with Crippen molar-refractivity contribution >= 4 is 50.0 Å². The Morgan fingerprint density at radius 2 is 1.97 bits per heavy atom. The summed E-state index contributed by atoms with van der Waals surface area (Å²) < 4.78 is 32.9. The number of hydrogen-bond acceptors (Lipinski definition) is 7. The van der Waals surface area contributed by atoms with E-state index >= 15 is 0 Å². The molecule has 0 saturated heterocycles. The van der Waals surface area contributed by atoms with Crippen LogP contribution < -0.4 is 9.62 Å². The largest absolute Gasteiger partial charge is 0.456 e. The van der Waals surface area contributed by atoms with Gasteiger partial charge in [0.25, 0.3) is 0 Å². The fraction of sp³-hybridized carbons (Fsp3) is 0.421. The van der Waals surface area contributed by atoms with Crippen LogP contribution in [-0.4, -0.2) is 37.4 Å². The van der Waals surface area contributed by atoms with E-state index in [2.05, 4.69) is 9.71 Å². The maximum absolute atomic E-state index is 12.6. The van der Waals surface area contributed by atoms with Crippen LogP contribution in [0.2, 0.25) is 5.02 Å². The first-order chi connectivity index (χ1) is 13.8. The van der Waals surface area contributed by atoms with E-state index in [1.54, 1.807) is 26.2 Å². The molecule has 164 valence electrons. The highest BCUT2D eigenvalue weighted by Gasteiger charge is 2.25. The lowest BCUT2D eigenvalue weighted by atomic mass is 10.1. The van der Waals surface area contributed by atoms with Gasteiger partial charge < -0.3 is 4.74 Å². The Bertz CT molecular complexity index is 1040. The zero-order valence-electron chi connectivity index (χ0n) is 17.4. The Hall–Kier alpha value is -2.01. The summed E-state index contributed by atoms with van der Waals surface area (Å²) in [7, 11) is -3.93. The topological polar surface area (TPSA) is 106 Å². The number of hydrogen-bond donors (Lipinski definition) is 1. The fourth-order valence-corrected chi connectivity index (χ4v) is 5.36. The molecular weight excluding hydrogens is 450 g/mol. The number of carbonyl (C=O) groups is 2. The highest BCUT2D eigenvalue weighted by Crippen LogP contribution is 2.25. The highest BCUT2D eigenvalue weighted by molar-refractivity contribution is 7.89. The summed E-state index contributed by atoms with van der Waals surface area (Å²) in [6.07, 6.45) is 0. The normalized spacial score (nSPS) is 11.9. The number of thiazole rings is 1. The minimum atomic E-state index is -3.93. The third-order valence-corrected chi connectivity index (χ3v) is 6.87. The second kappa shape index (κ2) is 9.42. The number of rotatable bonds is 7. The van der Waals surface area contributed by atoms with Crippen molar-refractivity contribution in [2.45, 2.75) is 51.7 Å². The maximum atomic E-state index is 12.6. The predicted molar refractivity (Wildman–Crippen MR) is 116 cm³/mol. The number of nitrogens with one attached hydrogen (secondary N) is 1. The fourth-order valence-electron chi connectivity index (χ4n) is 2.50. The van der Waals surface area contributed by atoms with Gasteiger partial charge in [-0.25, -0.2) is 22.9 Å². The summed E-state index contributed by atoms with van der Waals surface area (Å²) >= 11 is 7.32. The number of anilines is 1. The minimum Gasteiger partial charge on any atom is -0.456 e. The molecule has 0 unspecified atom stereocenters. The van der Waals surface area contributed by atoms with E-state index in [1.165, 1.54) is 41.4 Å². The van der Waals surface area contributed by atoms with E-state index in [4.69, 9.17) is 16.3 Å². The van der Waals surface area contributed by atoms with Crippen molar-refractivity contribution in [3.05, 3.63) is 39.9 Å². The van der Waals surface area contributed by atoms with Crippen LogP contribution in [-0.2, 0) is 26.2 Å². The molecule has 1 N–H and O–H groups in total. The first-order valence-corrected chi connectivity index (χ1v) is 11.8. The molecule has 0 radical (unpaired) electrons. The van der Waals surface area contributed by atoms with Crippen LogP contribution in [0.15, 0.2) is 28.5 Å². The van der Waals surface area contributed by atoms with E-state index in [1.807, 2.05) is 6.92 Å². The van der Waals surface area contributed by atoms with Crippen molar-refractivity contribution in [2.75, 3.05) is 11.4 Å². The van der Waals surface area contributed by atoms with E-state index in [0.717, 1.165) is 0 Å². The van der Waals surface area contributed by atoms with Gasteiger partial charge in [-0.1, -0.05) is 11.6 Å². The van der Waals surface area contributed by atoms with Crippen molar-refractivity contribution in [2.24, 2.45) is 0 Å². The summed E-state index contributed by atoms with van der Waals surface area (Å²) in [6.45, 7) is 8.75. The molecule has 0 aliphatic carbocycles. The molecule has 2 rings (SSSR count). The molecule has 0 aliphatic rings. The van der Waals surface area contributed by atoms with Gasteiger partial charge in [0.1, 0.15) is 11.5 Å². The summed E-state index contributed by atoms with van der Waals surface area (Å²) in [6, 6.07) is 3.91. The Labute approximate surface area is 185 Å². The number of esters is 1. The van der Waals surface area contributed by atoms with E-state index < -0.39 is 21.5 Å². The number of benzene rings is 1. The van der Waals surface area contributed by atoms with Crippen LogP contribution in [0.4, 0.5) is 5.13 Å². The Morgan fingerprint density at radius 1 is 1.30 bits per heavy atom. The zero-order valence-corrected chi connectivity index (χ0v) is 19.7. The van der Waals surface area contributed by atoms with Crippen molar-refractivity contribution in [3.8, 4) is 0 Å². The van der Waals surface area contributed by atoms with Gasteiger partial charge in [-0.05, 0) is 45.9 Å². The lowest BCUT2D eigenvalue weighted by Gasteiger charge is -2.21. The number of ether oxygens (including phenoxy) is 1. The van der Waals surface area contributed by atoms with Gasteiger partial charge in [0, 0.05) is 24.4 Å². The number of amides is 1. The Morgan fingerprint density at radius 3 is 2.53 bits per heavy atom. The smallest absolute Gasteiger partial charge is 0.338 e. The minimum absolute atomic E-state index is 0.00340. The number of halogens is 1. The number of carbonyl (C=O) groups excluding carboxylic acids is 2. The van der Waals surface area contributed by atoms with Crippen LogP contribution in [0.25, 0.3) is 0 Å². The van der Waals surface area contributed by atoms with Crippen molar-refractivity contribution in [1.82, 2.24) is 9.71 Å². The summed E-state index contributed by atoms with van der Waals surface area (Å²) in [5.74, 6) is -0.846. The molecule has 8 nitrogen and oxygen atoms in total. The van der Waals surface area contributed by atoms with Crippen LogP contribution in [0, 0.1) is 0 Å². The average Bonchev–Trinajstić information content (AvgIpc) is 3.06. The van der Waals surface area contributed by atoms with Crippen LogP contribution >= 0.6 is 22.9 Å². The number of nitrogens with zero attached hydrogens (tertiary/aromatic N) is 2. The molecule has 0 bridgehead atoms. The molecule has 1 aromatic carbocycles. The van der Waals surface area contributed by atoms with Gasteiger partial charge in [0.15, 0.2) is 5.13 Å². The zero-order chi connectivity index (χ0) is 22.7. The molecule has 30 heavy (non-hydrogen) atoms. The standard InChI is InChI=1S/C19H24ClN3O5S2/c1-6-23(12(2)24)18-21-14(11-29-18)10-28-17(25)13-7-8-15(20)16(9-13)30(26,27)22-19(3,4)5/h7-9,11,22H,6,10H2,1-5H3. The average molecular weight is 474 g/mol. The van der Waals surface area contributed by atoms with E-state index in [-0.39, 0.29) is 28.0 Å². The lowest BCUT2D eigenvalue weighted by molar-refractivity contribution is -0.116. The quantitative estimate of drug-likeness (QED) is 0.616. The molecule has 1 aromatic heterocycles. The lowest BCUT2D eigenvalue weighted by Crippen LogP contribution is -2.40. The van der Waals surface area contributed by atoms with Crippen LogP contribution in [0.1, 0.15) is 50.7 Å². The molecule has 0 saturated carbocycles. The maximum Gasteiger partial charge on any atom is 0.338 e. The first-order valence-electron chi connectivity index (χ1n) is 9.07. The van der Waals surface area contributed by atoms with Crippen LogP contribution in [0.5, 0.6) is 0 Å². The van der Waals surface area contributed by atoms with Gasteiger partial charge >= 0.3 is 5.97 Å². The summed E-state index contributed by atoms with van der Waals surface area (Å²) in [5, 5.41) is 2.21. The van der Waals surface area contributed by atoms with E-state index in [9.17, 15) is 18.0 Å². The third-order valence-electron chi connectivity index (χ3n) is 3.71. The third kappa shape index (κ3) is 6.24. The first kappa shape index (κ1) is 24.3. The molecule has 11 heteroatoms. The van der Waals surface area contributed by atoms with Gasteiger partial charge in [-0.3, -0.25) is 9.69 Å². The number of aromatic nitrogens is 1. The molecule has 1 heterocycles. The van der Waals surface area contributed by atoms with Crippen molar-refractivity contribution in [3.63, 3.8) is 0 Å². The summed E-state index contributed by atoms with van der Waals surface area (Å²) in [4.78, 5) is 29.6. The van der Waals surface area contributed by atoms with E-state index in [0.29, 0.717) is 17.4 Å². The highest BCUT2D eigenvalue weighted by atomic mass is 35.5. The van der Waals surface area contributed by atoms with Gasteiger partial charge in [0.05, 0.1) is 16.3 Å². The Balaban J connectivity index is 2.15. The summed E-state index contributed by atoms with van der Waals surface area (Å²) in [5.41, 5.74) is -0.185. The number of sulfonamides is 1. The van der Waals surface area contributed by atoms with Crippen LogP contribution in [0.3, 0.4) is 0 Å². The molecule has 2 aromatic rings. The molecule has 0 atom stereocenters. The second-order valence-corrected chi connectivity index (χ2v) is 10.4. The van der Waals surface area contributed by atoms with Gasteiger partial charge in [-0.15, -0.1) is 11.3 Å². The van der Waals surface area contributed by atoms with Gasteiger partial charge in [0.2, 0.25) is 15.9 Å². The second-order valence-electron chi connectivity index (χ2n) is 7.46. The van der Waals surface area contributed by atoms with Crippen molar-refractivity contribution < 1.29 is 22.7 Å². The van der Waals surface area contributed by atoms with Gasteiger partial charge in [-0.2, -0.15) is 0 Å². The monoisotopic (exact) mass is 473 g/mol. The molecular formula is C19H24ClN3O5S2. The van der Waals surface area contributed by atoms with Crippen molar-refractivity contribution in [1.29, 1.82) is 0 Å². The molecule has 0 spiro atoms. The molecule has 0 fully saturated rings. The predicted octanol–water partition coefficient (Wildman–Crippen LogP) is 3.60. The molecule has 1 amide bonds. The Kier molecular flexibility index (Phi) is 7.62.